The van der Waals surface area contributed by atoms with Crippen LogP contribution in [0.1, 0.15) is 21.5 Å². The number of para-hydroxylation sites is 1. The van der Waals surface area contributed by atoms with Crippen LogP contribution in [0.25, 0.3) is 0 Å². The summed E-state index contributed by atoms with van der Waals surface area (Å²) in [5, 5.41) is 5.50. The van der Waals surface area contributed by atoms with E-state index in [1.54, 1.807) is 36.4 Å². The van der Waals surface area contributed by atoms with Crippen LogP contribution >= 0.6 is 0 Å². The lowest BCUT2D eigenvalue weighted by atomic mass is 10.1. The standard InChI is InChI=1S/C22H21N3O3/c23-20-9-5-4-8-19(20)21(26)25-18-12-10-16(11-13-18)14-24-22(27)28-15-17-6-2-1-3-7-17/h1-13H,14-15,23H2,(H,24,27)(H,25,26). The fourth-order valence-corrected chi connectivity index (χ4v) is 2.56. The molecule has 0 radical (unpaired) electrons. The molecule has 3 rings (SSSR count). The first kappa shape index (κ1) is 19.0. The zero-order chi connectivity index (χ0) is 19.8. The van der Waals surface area contributed by atoms with Gasteiger partial charge in [-0.15, -0.1) is 0 Å². The van der Waals surface area contributed by atoms with Crippen molar-refractivity contribution in [2.24, 2.45) is 0 Å². The lowest BCUT2D eigenvalue weighted by Crippen LogP contribution is -2.23. The third-order valence-corrected chi connectivity index (χ3v) is 4.07. The molecule has 3 aromatic rings. The highest BCUT2D eigenvalue weighted by molar-refractivity contribution is 6.07. The lowest BCUT2D eigenvalue weighted by Gasteiger charge is -2.09. The van der Waals surface area contributed by atoms with Crippen LogP contribution in [0.3, 0.4) is 0 Å². The Balaban J connectivity index is 1.47. The molecule has 0 aliphatic rings. The minimum Gasteiger partial charge on any atom is -0.445 e. The van der Waals surface area contributed by atoms with E-state index in [9.17, 15) is 9.59 Å². The van der Waals surface area contributed by atoms with Crippen molar-refractivity contribution in [3.63, 3.8) is 0 Å². The second-order valence-corrected chi connectivity index (χ2v) is 6.15. The number of amides is 2. The third-order valence-electron chi connectivity index (χ3n) is 4.07. The van der Waals surface area contributed by atoms with E-state index in [1.807, 2.05) is 42.5 Å². The number of nitrogens with one attached hydrogen (secondary N) is 2. The number of anilines is 2. The van der Waals surface area contributed by atoms with Crippen molar-refractivity contribution in [2.75, 3.05) is 11.1 Å². The average molecular weight is 375 g/mol. The van der Waals surface area contributed by atoms with Crippen molar-refractivity contribution in [3.05, 3.63) is 95.6 Å². The number of hydrogen-bond acceptors (Lipinski definition) is 4. The summed E-state index contributed by atoms with van der Waals surface area (Å²) in [5.41, 5.74) is 9.12. The van der Waals surface area contributed by atoms with E-state index in [0.29, 0.717) is 23.5 Å². The summed E-state index contributed by atoms with van der Waals surface area (Å²) < 4.78 is 5.17. The Morgan fingerprint density at radius 3 is 2.21 bits per heavy atom. The summed E-state index contributed by atoms with van der Waals surface area (Å²) in [7, 11) is 0. The molecule has 4 N–H and O–H groups in total. The quantitative estimate of drug-likeness (QED) is 0.569. The van der Waals surface area contributed by atoms with E-state index >= 15 is 0 Å². The minimum atomic E-state index is -0.485. The highest BCUT2D eigenvalue weighted by Crippen LogP contribution is 2.15. The first-order valence-corrected chi connectivity index (χ1v) is 8.81. The molecule has 6 nitrogen and oxygen atoms in total. The van der Waals surface area contributed by atoms with Crippen molar-refractivity contribution in [1.29, 1.82) is 0 Å². The predicted molar refractivity (Wildman–Crippen MR) is 109 cm³/mol. The molecule has 0 saturated carbocycles. The van der Waals surface area contributed by atoms with Gasteiger partial charge in [-0.3, -0.25) is 4.79 Å². The molecule has 3 aromatic carbocycles. The summed E-state index contributed by atoms with van der Waals surface area (Å²) in [4.78, 5) is 24.0. The lowest BCUT2D eigenvalue weighted by molar-refractivity contribution is 0.102. The molecule has 0 atom stereocenters. The van der Waals surface area contributed by atoms with Gasteiger partial charge in [-0.1, -0.05) is 54.6 Å². The Kier molecular flexibility index (Phi) is 6.25. The monoisotopic (exact) mass is 375 g/mol. The molecule has 28 heavy (non-hydrogen) atoms. The van der Waals surface area contributed by atoms with Crippen molar-refractivity contribution in [1.82, 2.24) is 5.32 Å². The Bertz CT molecular complexity index is 941. The Morgan fingerprint density at radius 2 is 1.50 bits per heavy atom. The van der Waals surface area contributed by atoms with E-state index in [4.69, 9.17) is 10.5 Å². The Labute approximate surface area is 163 Å². The van der Waals surface area contributed by atoms with Crippen molar-refractivity contribution in [2.45, 2.75) is 13.2 Å². The maximum absolute atomic E-state index is 12.3. The van der Waals surface area contributed by atoms with Crippen LogP contribution in [0.15, 0.2) is 78.9 Å². The van der Waals surface area contributed by atoms with Gasteiger partial charge in [-0.05, 0) is 35.4 Å². The molecule has 0 aliphatic heterocycles. The maximum Gasteiger partial charge on any atom is 0.407 e. The third kappa shape index (κ3) is 5.35. The fourth-order valence-electron chi connectivity index (χ4n) is 2.56. The van der Waals surface area contributed by atoms with Gasteiger partial charge in [0.2, 0.25) is 0 Å². The number of nitrogen functional groups attached to an aromatic ring is 1. The van der Waals surface area contributed by atoms with E-state index < -0.39 is 6.09 Å². The highest BCUT2D eigenvalue weighted by Gasteiger charge is 2.09. The number of hydrogen-bond donors (Lipinski definition) is 3. The SMILES string of the molecule is Nc1ccccc1C(=O)Nc1ccc(CNC(=O)OCc2ccccc2)cc1. The molecule has 0 spiro atoms. The molecule has 0 fully saturated rings. The van der Waals surface area contributed by atoms with Gasteiger partial charge in [0, 0.05) is 17.9 Å². The van der Waals surface area contributed by atoms with Gasteiger partial charge in [-0.25, -0.2) is 4.79 Å². The highest BCUT2D eigenvalue weighted by atomic mass is 16.5. The molecular formula is C22H21N3O3. The minimum absolute atomic E-state index is 0.222. The van der Waals surface area contributed by atoms with E-state index in [2.05, 4.69) is 10.6 Å². The topological polar surface area (TPSA) is 93.5 Å². The van der Waals surface area contributed by atoms with Crippen molar-refractivity contribution in [3.8, 4) is 0 Å². The van der Waals surface area contributed by atoms with Crippen LogP contribution in [0.4, 0.5) is 16.2 Å². The average Bonchev–Trinajstić information content (AvgIpc) is 2.73. The number of alkyl carbamates (subject to hydrolysis) is 1. The summed E-state index contributed by atoms with van der Waals surface area (Å²) >= 11 is 0. The van der Waals surface area contributed by atoms with Crippen LogP contribution in [-0.4, -0.2) is 12.0 Å². The Morgan fingerprint density at radius 1 is 0.821 bits per heavy atom. The Hall–Kier alpha value is -3.80. The molecule has 2 amide bonds. The van der Waals surface area contributed by atoms with Crippen LogP contribution in [0.5, 0.6) is 0 Å². The summed E-state index contributed by atoms with van der Waals surface area (Å²) in [6.45, 7) is 0.549. The first-order chi connectivity index (χ1) is 13.6. The largest absolute Gasteiger partial charge is 0.445 e. The molecule has 0 saturated heterocycles. The van der Waals surface area contributed by atoms with E-state index in [0.717, 1.165) is 11.1 Å². The molecule has 0 aromatic heterocycles. The fraction of sp³-hybridized carbons (Fsp3) is 0.0909. The molecule has 0 aliphatic carbocycles. The normalized spacial score (nSPS) is 10.1. The maximum atomic E-state index is 12.3. The summed E-state index contributed by atoms with van der Waals surface area (Å²) in [5.74, 6) is -0.270. The van der Waals surface area contributed by atoms with Crippen LogP contribution in [0, 0.1) is 0 Å². The molecule has 142 valence electrons. The van der Waals surface area contributed by atoms with Crippen molar-refractivity contribution >= 4 is 23.4 Å². The number of carbonyl (C=O) groups excluding carboxylic acids is 2. The second kappa shape index (κ2) is 9.23. The molecular weight excluding hydrogens is 354 g/mol. The van der Waals surface area contributed by atoms with Crippen molar-refractivity contribution < 1.29 is 14.3 Å². The number of nitrogens with two attached hydrogens (primary N) is 1. The van der Waals surface area contributed by atoms with Gasteiger partial charge in [0.15, 0.2) is 0 Å². The zero-order valence-corrected chi connectivity index (χ0v) is 15.2. The van der Waals surface area contributed by atoms with E-state index in [-0.39, 0.29) is 12.5 Å². The second-order valence-electron chi connectivity index (χ2n) is 6.15. The molecule has 0 heterocycles. The smallest absolute Gasteiger partial charge is 0.407 e. The molecule has 0 unspecified atom stereocenters. The molecule has 0 bridgehead atoms. The number of rotatable bonds is 6. The number of ether oxygens (including phenoxy) is 1. The van der Waals surface area contributed by atoms with Crippen LogP contribution < -0.4 is 16.4 Å². The number of carbonyl (C=O) groups is 2. The first-order valence-electron chi connectivity index (χ1n) is 8.81. The predicted octanol–water partition coefficient (Wildman–Crippen LogP) is 3.95. The zero-order valence-electron chi connectivity index (χ0n) is 15.2. The van der Waals surface area contributed by atoms with Gasteiger partial charge >= 0.3 is 6.09 Å². The van der Waals surface area contributed by atoms with E-state index in [1.165, 1.54) is 0 Å². The van der Waals surface area contributed by atoms with Gasteiger partial charge in [0.25, 0.3) is 5.91 Å². The van der Waals surface area contributed by atoms with Gasteiger partial charge in [-0.2, -0.15) is 0 Å². The summed E-state index contributed by atoms with van der Waals surface area (Å²) in [6.07, 6.45) is -0.485. The molecule has 6 heteroatoms. The van der Waals surface area contributed by atoms with Gasteiger partial charge < -0.3 is 21.1 Å². The van der Waals surface area contributed by atoms with Crippen LogP contribution in [-0.2, 0) is 17.9 Å². The van der Waals surface area contributed by atoms with Gasteiger partial charge in [0.05, 0.1) is 5.56 Å². The number of benzene rings is 3. The van der Waals surface area contributed by atoms with Gasteiger partial charge in [0.1, 0.15) is 6.61 Å². The van der Waals surface area contributed by atoms with Crippen LogP contribution in [0.2, 0.25) is 0 Å². The summed E-state index contributed by atoms with van der Waals surface area (Å²) in [6, 6.07) is 23.5.